The Kier molecular flexibility index (Phi) is 5.29. The molecule has 0 spiro atoms. The van der Waals surface area contributed by atoms with Crippen LogP contribution in [0.1, 0.15) is 38.2 Å². The molecule has 3 aromatic carbocycles. The Morgan fingerprint density at radius 1 is 1.03 bits per heavy atom. The van der Waals surface area contributed by atoms with Gasteiger partial charge in [0.15, 0.2) is 12.6 Å². The topological polar surface area (TPSA) is 57.2 Å². The maximum absolute atomic E-state index is 13.3. The average Bonchev–Trinajstić information content (AvgIpc) is 3.15. The van der Waals surface area contributed by atoms with Gasteiger partial charge in [-0.15, -0.1) is 0 Å². The first-order chi connectivity index (χ1) is 16.6. The van der Waals surface area contributed by atoms with Crippen molar-refractivity contribution in [2.24, 2.45) is 0 Å². The fourth-order valence-corrected chi connectivity index (χ4v) is 4.95. The number of hydrogen-bond acceptors (Lipinski definition) is 6. The van der Waals surface area contributed by atoms with Gasteiger partial charge in [0.25, 0.3) is 0 Å². The molecule has 3 aromatic rings. The van der Waals surface area contributed by atoms with E-state index in [1.807, 2.05) is 31.2 Å². The number of carbonyl (C=O) groups excluding carboxylic acids is 1. The Morgan fingerprint density at radius 2 is 1.88 bits per heavy atom. The summed E-state index contributed by atoms with van der Waals surface area (Å²) < 4.78 is 23.2. The molecule has 0 amide bonds. The van der Waals surface area contributed by atoms with Crippen molar-refractivity contribution >= 4 is 23.5 Å². The Labute approximate surface area is 202 Å². The van der Waals surface area contributed by atoms with Crippen LogP contribution in [0.25, 0.3) is 6.08 Å². The summed E-state index contributed by atoms with van der Waals surface area (Å²) in [6.45, 7) is 4.44. The Bertz CT molecular complexity index is 1330. The number of ether oxygens (including phenoxy) is 4. The summed E-state index contributed by atoms with van der Waals surface area (Å²) in [6, 6.07) is 15.7. The summed E-state index contributed by atoms with van der Waals surface area (Å²) in [5, 5.41) is 0.543. The van der Waals surface area contributed by atoms with E-state index in [4.69, 9.17) is 30.5 Å². The van der Waals surface area contributed by atoms with Crippen LogP contribution < -0.4 is 14.2 Å². The highest BCUT2D eigenvalue weighted by Gasteiger charge is 2.34. The zero-order valence-electron chi connectivity index (χ0n) is 18.6. The van der Waals surface area contributed by atoms with E-state index < -0.39 is 0 Å². The highest BCUT2D eigenvalue weighted by atomic mass is 35.5. The lowest BCUT2D eigenvalue weighted by Gasteiger charge is -2.30. The van der Waals surface area contributed by atoms with Gasteiger partial charge in [-0.3, -0.25) is 9.69 Å². The number of ketones is 1. The molecule has 0 bridgehead atoms. The SMILES string of the molecule is Cc1c2c(cc3c1O/C(=C\c1cc(Cl)cc4c1OCOC4)C3=O)CN(Cc1ccccc1)CO2. The Balaban J connectivity index is 1.31. The molecule has 0 fully saturated rings. The Hall–Kier alpha value is -3.32. The van der Waals surface area contributed by atoms with E-state index in [2.05, 4.69) is 17.0 Å². The van der Waals surface area contributed by atoms with Gasteiger partial charge < -0.3 is 18.9 Å². The van der Waals surface area contributed by atoms with E-state index in [0.29, 0.717) is 47.5 Å². The highest BCUT2D eigenvalue weighted by molar-refractivity contribution is 6.31. The van der Waals surface area contributed by atoms with Crippen LogP contribution in [0, 0.1) is 6.92 Å². The van der Waals surface area contributed by atoms with Crippen LogP contribution in [0.15, 0.2) is 54.3 Å². The lowest BCUT2D eigenvalue weighted by atomic mass is 9.99. The van der Waals surface area contributed by atoms with Gasteiger partial charge >= 0.3 is 0 Å². The lowest BCUT2D eigenvalue weighted by molar-refractivity contribution is -0.0165. The number of hydrogen-bond donors (Lipinski definition) is 0. The van der Waals surface area contributed by atoms with Crippen LogP contribution >= 0.6 is 11.6 Å². The largest absolute Gasteiger partial charge is 0.477 e. The average molecular weight is 476 g/mol. The minimum Gasteiger partial charge on any atom is -0.477 e. The zero-order valence-corrected chi connectivity index (χ0v) is 19.4. The molecule has 7 heteroatoms. The molecule has 0 saturated heterocycles. The number of nitrogens with zero attached hydrogens (tertiary/aromatic N) is 1. The number of fused-ring (bicyclic) bond motifs is 3. The van der Waals surface area contributed by atoms with Crippen molar-refractivity contribution in [1.82, 2.24) is 4.90 Å². The van der Waals surface area contributed by atoms with Gasteiger partial charge in [0.1, 0.15) is 24.0 Å². The molecular formula is C27H22ClNO5. The zero-order chi connectivity index (χ0) is 23.2. The fourth-order valence-electron chi connectivity index (χ4n) is 4.70. The van der Waals surface area contributed by atoms with Crippen molar-refractivity contribution < 1.29 is 23.7 Å². The van der Waals surface area contributed by atoms with Crippen LogP contribution in [0.5, 0.6) is 17.2 Å². The van der Waals surface area contributed by atoms with Crippen molar-refractivity contribution in [1.29, 1.82) is 0 Å². The van der Waals surface area contributed by atoms with E-state index in [1.54, 1.807) is 18.2 Å². The van der Waals surface area contributed by atoms with Gasteiger partial charge in [-0.05, 0) is 36.8 Å². The van der Waals surface area contributed by atoms with E-state index in [9.17, 15) is 4.79 Å². The number of benzene rings is 3. The number of rotatable bonds is 3. The van der Waals surface area contributed by atoms with Gasteiger partial charge in [-0.25, -0.2) is 0 Å². The molecule has 0 aliphatic carbocycles. The second-order valence-electron chi connectivity index (χ2n) is 8.65. The third-order valence-electron chi connectivity index (χ3n) is 6.24. The van der Waals surface area contributed by atoms with Gasteiger partial charge in [0.05, 0.1) is 12.2 Å². The molecule has 0 N–H and O–H groups in total. The number of Topliss-reactive ketones (excluding diaryl/α,β-unsaturated/α-hetero) is 1. The molecule has 172 valence electrons. The van der Waals surface area contributed by atoms with E-state index in [0.717, 1.165) is 29.0 Å². The predicted octanol–water partition coefficient (Wildman–Crippen LogP) is 5.48. The molecule has 34 heavy (non-hydrogen) atoms. The van der Waals surface area contributed by atoms with Gasteiger partial charge in [0.2, 0.25) is 5.78 Å². The van der Waals surface area contributed by atoms with Crippen LogP contribution in [0.3, 0.4) is 0 Å². The van der Waals surface area contributed by atoms with Crippen molar-refractivity contribution in [2.45, 2.75) is 26.6 Å². The molecular weight excluding hydrogens is 454 g/mol. The second kappa shape index (κ2) is 8.47. The fraction of sp³-hybridized carbons (Fsp3) is 0.222. The van der Waals surface area contributed by atoms with Crippen molar-refractivity contribution in [3.8, 4) is 17.2 Å². The third kappa shape index (κ3) is 3.74. The number of halogens is 1. The molecule has 3 heterocycles. The lowest BCUT2D eigenvalue weighted by Crippen LogP contribution is -2.32. The molecule has 0 unspecified atom stereocenters. The quantitative estimate of drug-likeness (QED) is 0.467. The van der Waals surface area contributed by atoms with Gasteiger partial charge in [-0.1, -0.05) is 41.9 Å². The molecule has 6 nitrogen and oxygen atoms in total. The van der Waals surface area contributed by atoms with Crippen LogP contribution in [-0.4, -0.2) is 24.2 Å². The van der Waals surface area contributed by atoms with Crippen LogP contribution in [0.2, 0.25) is 5.02 Å². The molecule has 0 atom stereocenters. The summed E-state index contributed by atoms with van der Waals surface area (Å²) in [5.74, 6) is 2.07. The molecule has 0 aromatic heterocycles. The minimum absolute atomic E-state index is 0.155. The summed E-state index contributed by atoms with van der Waals surface area (Å²) in [5.41, 5.74) is 5.11. The molecule has 3 aliphatic heterocycles. The first-order valence-corrected chi connectivity index (χ1v) is 11.5. The van der Waals surface area contributed by atoms with Crippen LogP contribution in [0.4, 0.5) is 0 Å². The maximum atomic E-state index is 13.3. The van der Waals surface area contributed by atoms with Crippen LogP contribution in [-0.2, 0) is 24.4 Å². The second-order valence-corrected chi connectivity index (χ2v) is 9.08. The number of allylic oxidation sites excluding steroid dienone is 1. The third-order valence-corrected chi connectivity index (χ3v) is 6.46. The van der Waals surface area contributed by atoms with Crippen molar-refractivity contribution in [2.75, 3.05) is 13.5 Å². The van der Waals surface area contributed by atoms with Crippen molar-refractivity contribution in [3.63, 3.8) is 0 Å². The highest BCUT2D eigenvalue weighted by Crippen LogP contribution is 2.44. The standard InChI is InChI=1S/C27H22ClNO5/c1-16-25-19(12-29(14-32-25)11-17-5-3-2-4-6-17)9-22-24(30)23(34-26(16)22)10-18-7-21(28)8-20-13-31-15-33-27(18)20/h2-10H,11-15H2,1H3/b23-10-. The molecule has 6 rings (SSSR count). The number of carbonyl (C=O) groups is 1. The smallest absolute Gasteiger partial charge is 0.231 e. The summed E-state index contributed by atoms with van der Waals surface area (Å²) >= 11 is 6.29. The minimum atomic E-state index is -0.165. The van der Waals surface area contributed by atoms with Gasteiger partial charge in [0, 0.05) is 40.4 Å². The summed E-state index contributed by atoms with van der Waals surface area (Å²) in [6.07, 6.45) is 1.69. The summed E-state index contributed by atoms with van der Waals surface area (Å²) in [4.78, 5) is 15.5. The summed E-state index contributed by atoms with van der Waals surface area (Å²) in [7, 11) is 0. The Morgan fingerprint density at radius 3 is 2.74 bits per heavy atom. The molecule has 0 saturated carbocycles. The molecule has 3 aliphatic rings. The van der Waals surface area contributed by atoms with E-state index >= 15 is 0 Å². The normalized spacial score (nSPS) is 17.9. The first-order valence-electron chi connectivity index (χ1n) is 11.1. The maximum Gasteiger partial charge on any atom is 0.231 e. The van der Waals surface area contributed by atoms with Crippen molar-refractivity contribution in [3.05, 3.63) is 92.7 Å². The van der Waals surface area contributed by atoms with Gasteiger partial charge in [-0.2, -0.15) is 0 Å². The predicted molar refractivity (Wildman–Crippen MR) is 127 cm³/mol. The van der Waals surface area contributed by atoms with E-state index in [1.165, 1.54) is 5.56 Å². The van der Waals surface area contributed by atoms with E-state index in [-0.39, 0.29) is 18.3 Å². The monoisotopic (exact) mass is 475 g/mol. The molecule has 0 radical (unpaired) electrons. The first kappa shape index (κ1) is 21.2.